The van der Waals surface area contributed by atoms with Crippen molar-refractivity contribution in [1.82, 2.24) is 29.4 Å². The minimum atomic E-state index is -0.359. The molecule has 7 rings (SSSR count). The van der Waals surface area contributed by atoms with Gasteiger partial charge in [0.1, 0.15) is 11.5 Å². The van der Waals surface area contributed by atoms with Crippen molar-refractivity contribution in [3.63, 3.8) is 0 Å². The number of thiazole rings is 1. The van der Waals surface area contributed by atoms with Crippen LogP contribution in [0.3, 0.4) is 0 Å². The molecule has 2 aliphatic rings. The molecule has 1 saturated carbocycles. The first kappa shape index (κ1) is 39.2. The van der Waals surface area contributed by atoms with Gasteiger partial charge in [0, 0.05) is 61.5 Å². The molecule has 0 atom stereocenters. The lowest BCUT2D eigenvalue weighted by molar-refractivity contribution is -0.131. The number of carbonyl (C=O) groups is 4. The van der Waals surface area contributed by atoms with Crippen molar-refractivity contribution in [2.75, 3.05) is 47.0 Å². The fourth-order valence-corrected chi connectivity index (χ4v) is 8.35. The van der Waals surface area contributed by atoms with Crippen molar-refractivity contribution in [3.05, 3.63) is 86.4 Å². The number of rotatable bonds is 12. The number of hydrogen-bond donors (Lipinski definition) is 3. The number of benzene rings is 1. The van der Waals surface area contributed by atoms with Crippen LogP contribution in [0.4, 0.5) is 28.3 Å². The summed E-state index contributed by atoms with van der Waals surface area (Å²) >= 11 is 1.39. The van der Waals surface area contributed by atoms with Gasteiger partial charge >= 0.3 is 0 Å². The van der Waals surface area contributed by atoms with Crippen LogP contribution in [0.15, 0.2) is 53.6 Å². The Kier molecular flexibility index (Phi) is 11.7. The van der Waals surface area contributed by atoms with Crippen LogP contribution < -0.4 is 26.4 Å². The Bertz CT molecular complexity index is 2380. The molecule has 57 heavy (non-hydrogen) atoms. The summed E-state index contributed by atoms with van der Waals surface area (Å²) in [5.41, 5.74) is 3.51. The first-order valence-corrected chi connectivity index (χ1v) is 20.1. The van der Waals surface area contributed by atoms with Crippen molar-refractivity contribution in [3.8, 4) is 0 Å². The van der Waals surface area contributed by atoms with E-state index >= 15 is 0 Å². The van der Waals surface area contributed by atoms with E-state index in [9.17, 15) is 24.0 Å². The molecule has 1 aliphatic carbocycles. The van der Waals surface area contributed by atoms with Crippen molar-refractivity contribution >= 4 is 74.1 Å². The van der Waals surface area contributed by atoms with Gasteiger partial charge in [-0.15, -0.1) is 11.3 Å². The van der Waals surface area contributed by atoms with E-state index in [4.69, 9.17) is 4.98 Å². The fourth-order valence-electron chi connectivity index (χ4n) is 7.54. The highest BCUT2D eigenvalue weighted by Crippen LogP contribution is 2.32. The second-order valence-corrected chi connectivity index (χ2v) is 15.8. The van der Waals surface area contributed by atoms with Gasteiger partial charge in [-0.25, -0.2) is 15.0 Å². The van der Waals surface area contributed by atoms with E-state index in [0.717, 1.165) is 41.9 Å². The zero-order valence-electron chi connectivity index (χ0n) is 32.6. The number of aromatic nitrogens is 5. The molecule has 0 radical (unpaired) electrons. The number of piperazine rings is 1. The average molecular weight is 791 g/mol. The van der Waals surface area contributed by atoms with Crippen LogP contribution in [0.25, 0.3) is 11.0 Å². The Hall–Kier alpha value is -6.03. The molecule has 3 N–H and O–H groups in total. The second-order valence-electron chi connectivity index (χ2n) is 14.6. The highest BCUT2D eigenvalue weighted by molar-refractivity contribution is 7.15. The lowest BCUT2D eigenvalue weighted by Crippen LogP contribution is -2.48. The van der Waals surface area contributed by atoms with Gasteiger partial charge in [-0.2, -0.15) is 4.98 Å². The molecule has 5 heterocycles. The molecule has 2 fully saturated rings. The zero-order chi connectivity index (χ0) is 40.2. The average Bonchev–Trinajstić information content (AvgIpc) is 3.84. The van der Waals surface area contributed by atoms with E-state index in [0.29, 0.717) is 77.3 Å². The van der Waals surface area contributed by atoms with Crippen LogP contribution in [0, 0.1) is 20.8 Å². The number of hydrogen-bond acceptors (Lipinski definition) is 12. The van der Waals surface area contributed by atoms with Crippen molar-refractivity contribution in [2.45, 2.75) is 78.7 Å². The number of amides is 3. The third kappa shape index (κ3) is 8.70. The maximum Gasteiger partial charge on any atom is 0.263 e. The quantitative estimate of drug-likeness (QED) is 0.120. The van der Waals surface area contributed by atoms with E-state index in [1.54, 1.807) is 48.1 Å². The summed E-state index contributed by atoms with van der Waals surface area (Å²) in [5, 5.41) is 9.99. The topological polar surface area (TPSA) is 184 Å². The molecule has 296 valence electrons. The molecule has 15 nitrogen and oxygen atoms in total. The summed E-state index contributed by atoms with van der Waals surface area (Å²) < 4.78 is 1.69. The fraction of sp³-hybridized carbons (Fsp3) is 0.390. The maximum atomic E-state index is 13.5. The molecule has 0 bridgehead atoms. The second kappa shape index (κ2) is 17.0. The molecule has 16 heteroatoms. The largest absolute Gasteiger partial charge is 0.367 e. The number of para-hydroxylation sites is 1. The van der Waals surface area contributed by atoms with Crippen molar-refractivity contribution in [2.24, 2.45) is 0 Å². The number of carbonyl (C=O) groups excluding carboxylic acids is 4. The molecule has 1 saturated heterocycles. The van der Waals surface area contributed by atoms with Gasteiger partial charge in [-0.1, -0.05) is 25.0 Å². The molecule has 4 aromatic heterocycles. The summed E-state index contributed by atoms with van der Waals surface area (Å²) in [4.78, 5) is 88.0. The minimum absolute atomic E-state index is 0.00427. The van der Waals surface area contributed by atoms with E-state index in [1.807, 2.05) is 30.9 Å². The normalized spacial score (nSPS) is 14.5. The Balaban J connectivity index is 0.894. The van der Waals surface area contributed by atoms with Gasteiger partial charge in [0.15, 0.2) is 10.9 Å². The number of pyridine rings is 2. The Morgan fingerprint density at radius 3 is 2.32 bits per heavy atom. The maximum absolute atomic E-state index is 13.5. The highest BCUT2D eigenvalue weighted by atomic mass is 32.1. The molecular formula is C41H46N10O5S. The van der Waals surface area contributed by atoms with E-state index in [-0.39, 0.29) is 53.5 Å². The molecule has 3 amide bonds. The SMILES string of the molecule is CC(=O)c1c(C)c2cnc(Nc3ccc(N4CCN(C(=O)CCCC(=O)Nc5ccccc5C(=O)Nc5nc(C)c(C)s5)CC4)cn3)nc2n(C2CCCC2)c1=O. The molecule has 1 aromatic carbocycles. The van der Waals surface area contributed by atoms with Crippen LogP contribution >= 0.6 is 11.3 Å². The number of ketones is 1. The van der Waals surface area contributed by atoms with E-state index < -0.39 is 0 Å². The predicted molar refractivity (Wildman–Crippen MR) is 221 cm³/mol. The zero-order valence-corrected chi connectivity index (χ0v) is 33.4. The lowest BCUT2D eigenvalue weighted by Gasteiger charge is -2.36. The molecular weight excluding hydrogens is 745 g/mol. The lowest BCUT2D eigenvalue weighted by atomic mass is 10.0. The number of nitrogens with one attached hydrogen (secondary N) is 3. The molecule has 0 unspecified atom stereocenters. The van der Waals surface area contributed by atoms with Crippen LogP contribution in [0.1, 0.15) is 94.8 Å². The van der Waals surface area contributed by atoms with Crippen LogP contribution in [0.5, 0.6) is 0 Å². The summed E-state index contributed by atoms with van der Waals surface area (Å²) in [6.45, 7) is 9.37. The molecule has 0 spiro atoms. The van der Waals surface area contributed by atoms with Gasteiger partial charge in [0.25, 0.3) is 11.5 Å². The summed E-state index contributed by atoms with van der Waals surface area (Å²) in [7, 11) is 0. The number of aryl methyl sites for hydroxylation is 3. The number of nitrogens with zero attached hydrogens (tertiary/aromatic N) is 7. The van der Waals surface area contributed by atoms with E-state index in [2.05, 4.69) is 35.8 Å². The van der Waals surface area contributed by atoms with Crippen LogP contribution in [-0.2, 0) is 9.59 Å². The number of Topliss-reactive ketones (excluding diaryl/α,β-unsaturated/α-hetero) is 1. The minimum Gasteiger partial charge on any atom is -0.367 e. The Morgan fingerprint density at radius 1 is 0.877 bits per heavy atom. The van der Waals surface area contributed by atoms with Crippen molar-refractivity contribution in [1.29, 1.82) is 0 Å². The summed E-state index contributed by atoms with van der Waals surface area (Å²) in [6.07, 6.45) is 7.96. The Labute approximate surface area is 333 Å². The van der Waals surface area contributed by atoms with E-state index in [1.165, 1.54) is 18.3 Å². The third-order valence-electron chi connectivity index (χ3n) is 10.7. The van der Waals surface area contributed by atoms with Crippen LogP contribution in [0.2, 0.25) is 0 Å². The van der Waals surface area contributed by atoms with Gasteiger partial charge in [0.05, 0.1) is 34.4 Å². The van der Waals surface area contributed by atoms with Crippen LogP contribution in [-0.4, -0.2) is 79.1 Å². The van der Waals surface area contributed by atoms with Gasteiger partial charge in [0.2, 0.25) is 17.8 Å². The monoisotopic (exact) mass is 790 g/mol. The van der Waals surface area contributed by atoms with Gasteiger partial charge < -0.3 is 20.4 Å². The first-order valence-electron chi connectivity index (χ1n) is 19.3. The predicted octanol–water partition coefficient (Wildman–Crippen LogP) is 6.34. The van der Waals surface area contributed by atoms with Gasteiger partial charge in [-0.05, 0) is 76.8 Å². The first-order chi connectivity index (χ1) is 27.5. The highest BCUT2D eigenvalue weighted by Gasteiger charge is 2.26. The molecule has 1 aliphatic heterocycles. The molecule has 5 aromatic rings. The Morgan fingerprint density at radius 2 is 1.63 bits per heavy atom. The summed E-state index contributed by atoms with van der Waals surface area (Å²) in [6, 6.07) is 10.6. The van der Waals surface area contributed by atoms with Gasteiger partial charge in [-0.3, -0.25) is 33.9 Å². The number of fused-ring (bicyclic) bond motifs is 1. The smallest absolute Gasteiger partial charge is 0.263 e. The van der Waals surface area contributed by atoms with Crippen molar-refractivity contribution < 1.29 is 19.2 Å². The number of anilines is 5. The standard InChI is InChI=1S/C41H46N10O5S/c1-24-31-23-43-40(47-37(31)51(28-10-5-6-11-28)39(56)36(24)26(3)52)46-33-17-16-29(22-42-33)49-18-20-50(21-19-49)35(54)15-9-14-34(53)45-32-13-8-7-12-30(32)38(55)48-41-44-25(2)27(4)57-41/h7-8,12-13,16-17,22-23,28H,5-6,9-11,14-15,18-21H2,1-4H3,(H,45,53)(H,44,48,55)(H,42,43,46,47). The third-order valence-corrected chi connectivity index (χ3v) is 11.7. The summed E-state index contributed by atoms with van der Waals surface area (Å²) in [5.74, 6) is -0.0513.